The highest BCUT2D eigenvalue weighted by molar-refractivity contribution is 7.45. The second-order valence-electron chi connectivity index (χ2n) is 11.7. The first-order valence-corrected chi connectivity index (χ1v) is 17.3. The number of hydrogen-bond donors (Lipinski definition) is 0. The van der Waals surface area contributed by atoms with Gasteiger partial charge in [0.1, 0.15) is 0 Å². The highest BCUT2D eigenvalue weighted by atomic mass is 31.2. The molecular weight excluding hydrogens is 469 g/mol. The van der Waals surface area contributed by atoms with Gasteiger partial charge in [0.05, 0.1) is 39.4 Å². The zero-order valence-electron chi connectivity index (χ0n) is 24.5. The molecule has 1 aliphatic heterocycles. The van der Waals surface area contributed by atoms with Crippen LogP contribution in [0.15, 0.2) is 0 Å². The number of phosphoric acid groups is 1. The van der Waals surface area contributed by atoms with Gasteiger partial charge in [-0.2, -0.15) is 0 Å². The molecule has 0 spiro atoms. The minimum atomic E-state index is -4.17. The van der Waals surface area contributed by atoms with Crippen molar-refractivity contribution in [3.05, 3.63) is 0 Å². The van der Waals surface area contributed by atoms with Gasteiger partial charge in [0.15, 0.2) is 0 Å². The van der Waals surface area contributed by atoms with E-state index < -0.39 is 7.82 Å². The maximum Gasteiger partial charge on any atom is 0.268 e. The first kappa shape index (κ1) is 34.1. The first-order valence-electron chi connectivity index (χ1n) is 15.9. The summed E-state index contributed by atoms with van der Waals surface area (Å²) in [6, 6.07) is 0. The average Bonchev–Trinajstić information content (AvgIpc) is 2.85. The minimum Gasteiger partial charge on any atom is -0.756 e. The van der Waals surface area contributed by atoms with Crippen molar-refractivity contribution in [2.45, 2.75) is 161 Å². The van der Waals surface area contributed by atoms with E-state index in [1.807, 2.05) is 0 Å². The van der Waals surface area contributed by atoms with Crippen molar-refractivity contribution >= 4 is 7.82 Å². The fourth-order valence-corrected chi connectivity index (χ4v) is 6.45. The van der Waals surface area contributed by atoms with E-state index in [0.29, 0.717) is 0 Å². The second kappa shape index (κ2) is 21.9. The van der Waals surface area contributed by atoms with Gasteiger partial charge in [-0.05, 0) is 19.3 Å². The number of likely N-dealkylation sites (tertiary alicyclic amines) is 1. The number of quaternary nitrogens is 1. The third-order valence-electron chi connectivity index (χ3n) is 8.06. The van der Waals surface area contributed by atoms with Crippen LogP contribution < -0.4 is 4.89 Å². The van der Waals surface area contributed by atoms with Gasteiger partial charge in [0.2, 0.25) is 0 Å². The molecule has 0 aromatic heterocycles. The molecule has 0 aromatic rings. The lowest BCUT2D eigenvalue weighted by Crippen LogP contribution is -2.51. The van der Waals surface area contributed by atoms with Gasteiger partial charge in [0.25, 0.3) is 7.82 Å². The molecule has 36 heavy (non-hydrogen) atoms. The lowest BCUT2D eigenvalue weighted by atomic mass is 10.0. The van der Waals surface area contributed by atoms with Gasteiger partial charge in [-0.25, -0.2) is 0 Å². The van der Waals surface area contributed by atoms with Crippen molar-refractivity contribution in [2.75, 3.05) is 33.3 Å². The molecule has 1 fully saturated rings. The molecule has 6 heteroatoms. The van der Waals surface area contributed by atoms with Gasteiger partial charge < -0.3 is 18.4 Å². The fourth-order valence-electron chi connectivity index (χ4n) is 5.46. The maximum absolute atomic E-state index is 12.2. The quantitative estimate of drug-likeness (QED) is 0.0670. The number of nitrogens with zero attached hydrogens (tertiary/aromatic N) is 1. The topological polar surface area (TPSA) is 58.6 Å². The third-order valence-corrected chi connectivity index (χ3v) is 9.11. The minimum absolute atomic E-state index is 0.208. The van der Waals surface area contributed by atoms with Crippen molar-refractivity contribution < 1.29 is 23.0 Å². The fraction of sp³-hybridized carbons (Fsp3) is 1.00. The van der Waals surface area contributed by atoms with E-state index in [1.165, 1.54) is 116 Å². The van der Waals surface area contributed by atoms with Crippen LogP contribution in [0.4, 0.5) is 0 Å². The van der Waals surface area contributed by atoms with Crippen molar-refractivity contribution in [3.8, 4) is 0 Å². The SMILES string of the molecule is CCCCCCCCCCCCCCCC[N+]1(C)CCC(OP(=O)([O-])OCCCCCCCC)CC1. The van der Waals surface area contributed by atoms with E-state index in [-0.39, 0.29) is 12.7 Å². The van der Waals surface area contributed by atoms with Crippen LogP contribution in [0, 0.1) is 0 Å². The van der Waals surface area contributed by atoms with Crippen LogP contribution in [0.3, 0.4) is 0 Å². The Hall–Kier alpha value is 0.0700. The number of unbranched alkanes of at least 4 members (excludes halogenated alkanes) is 18. The Labute approximate surface area is 225 Å². The summed E-state index contributed by atoms with van der Waals surface area (Å²) in [6.45, 7) is 7.94. The predicted octanol–water partition coefficient (Wildman–Crippen LogP) is 8.94. The van der Waals surface area contributed by atoms with Gasteiger partial charge in [-0.1, -0.05) is 123 Å². The molecule has 216 valence electrons. The molecule has 0 aromatic carbocycles. The molecule has 0 radical (unpaired) electrons. The Morgan fingerprint density at radius 3 is 1.50 bits per heavy atom. The number of piperidine rings is 1. The van der Waals surface area contributed by atoms with E-state index in [1.54, 1.807) is 0 Å². The van der Waals surface area contributed by atoms with Crippen LogP contribution in [0.2, 0.25) is 0 Å². The standard InChI is InChI=1S/C30H62NO4P/c1-4-6-8-10-12-13-14-15-16-17-18-19-20-22-26-31(3)27-24-30(25-28-31)35-36(32,33)34-29-23-21-11-9-7-5-2/h30H,4-29H2,1-3H3. The van der Waals surface area contributed by atoms with Crippen molar-refractivity contribution in [2.24, 2.45) is 0 Å². The lowest BCUT2D eigenvalue weighted by Gasteiger charge is -2.41. The van der Waals surface area contributed by atoms with Crippen molar-refractivity contribution in [1.29, 1.82) is 0 Å². The Balaban J connectivity index is 1.98. The van der Waals surface area contributed by atoms with E-state index in [2.05, 4.69) is 20.9 Å². The molecule has 1 rings (SSSR count). The van der Waals surface area contributed by atoms with Crippen LogP contribution in [0.1, 0.15) is 155 Å². The van der Waals surface area contributed by atoms with Gasteiger partial charge >= 0.3 is 0 Å². The van der Waals surface area contributed by atoms with Gasteiger partial charge in [-0.3, -0.25) is 4.57 Å². The molecule has 1 aliphatic rings. The van der Waals surface area contributed by atoms with E-state index >= 15 is 0 Å². The smallest absolute Gasteiger partial charge is 0.268 e. The monoisotopic (exact) mass is 531 g/mol. The highest BCUT2D eigenvalue weighted by Gasteiger charge is 2.32. The summed E-state index contributed by atoms with van der Waals surface area (Å²) >= 11 is 0. The van der Waals surface area contributed by atoms with Crippen LogP contribution in [-0.4, -0.2) is 43.9 Å². The van der Waals surface area contributed by atoms with Crippen LogP contribution in [0.5, 0.6) is 0 Å². The average molecular weight is 532 g/mol. The van der Waals surface area contributed by atoms with Crippen LogP contribution in [0.25, 0.3) is 0 Å². The Morgan fingerprint density at radius 1 is 0.667 bits per heavy atom. The molecule has 1 heterocycles. The van der Waals surface area contributed by atoms with E-state index in [4.69, 9.17) is 9.05 Å². The molecular formula is C30H62NO4P. The van der Waals surface area contributed by atoms with Crippen molar-refractivity contribution in [3.63, 3.8) is 0 Å². The molecule has 0 N–H and O–H groups in total. The molecule has 0 amide bonds. The summed E-state index contributed by atoms with van der Waals surface area (Å²) < 4.78 is 23.8. The first-order chi connectivity index (χ1) is 17.4. The Bertz CT molecular complexity index is 537. The summed E-state index contributed by atoms with van der Waals surface area (Å²) in [6.07, 6.45) is 27.6. The maximum atomic E-state index is 12.2. The summed E-state index contributed by atoms with van der Waals surface area (Å²) in [5, 5.41) is 0. The number of phosphoric ester groups is 1. The Kier molecular flexibility index (Phi) is 20.8. The molecule has 1 unspecified atom stereocenters. The highest BCUT2D eigenvalue weighted by Crippen LogP contribution is 2.42. The Morgan fingerprint density at radius 2 is 1.06 bits per heavy atom. The van der Waals surface area contributed by atoms with Crippen LogP contribution >= 0.6 is 7.82 Å². The normalized spacial score (nSPS) is 22.1. The molecule has 1 atom stereocenters. The van der Waals surface area contributed by atoms with Crippen molar-refractivity contribution in [1.82, 2.24) is 0 Å². The summed E-state index contributed by atoms with van der Waals surface area (Å²) in [4.78, 5) is 12.2. The second-order valence-corrected chi connectivity index (χ2v) is 13.1. The molecule has 0 bridgehead atoms. The predicted molar refractivity (Wildman–Crippen MR) is 152 cm³/mol. The molecule has 1 saturated heterocycles. The van der Waals surface area contributed by atoms with Crippen LogP contribution in [-0.2, 0) is 13.6 Å². The van der Waals surface area contributed by atoms with E-state index in [9.17, 15) is 9.46 Å². The number of rotatable bonds is 25. The lowest BCUT2D eigenvalue weighted by molar-refractivity contribution is -0.915. The largest absolute Gasteiger partial charge is 0.756 e. The number of hydrogen-bond acceptors (Lipinski definition) is 4. The molecule has 0 saturated carbocycles. The van der Waals surface area contributed by atoms with E-state index in [0.717, 1.165) is 49.7 Å². The summed E-state index contributed by atoms with van der Waals surface area (Å²) in [5.41, 5.74) is 0. The third kappa shape index (κ3) is 19.2. The van der Waals surface area contributed by atoms with Gasteiger partial charge in [-0.15, -0.1) is 0 Å². The summed E-state index contributed by atoms with van der Waals surface area (Å²) in [5.74, 6) is 0. The summed E-state index contributed by atoms with van der Waals surface area (Å²) in [7, 11) is -1.85. The molecule has 5 nitrogen and oxygen atoms in total. The zero-order valence-corrected chi connectivity index (χ0v) is 25.4. The zero-order chi connectivity index (χ0) is 26.4. The molecule has 0 aliphatic carbocycles. The van der Waals surface area contributed by atoms with Gasteiger partial charge in [0, 0.05) is 12.8 Å².